The fourth-order valence-corrected chi connectivity index (χ4v) is 8.37. The highest BCUT2D eigenvalue weighted by atomic mass is 15.1. The van der Waals surface area contributed by atoms with Crippen LogP contribution in [0, 0.1) is 0 Å². The second kappa shape index (κ2) is 10.0. The topological polar surface area (TPSA) is 3.24 Å². The van der Waals surface area contributed by atoms with Gasteiger partial charge in [-0.1, -0.05) is 143 Å². The minimum absolute atomic E-state index is 0.0138. The summed E-state index contributed by atoms with van der Waals surface area (Å²) in [6, 6.07) is 56.2. The van der Waals surface area contributed by atoms with Gasteiger partial charge in [0.2, 0.25) is 0 Å². The van der Waals surface area contributed by atoms with Crippen LogP contribution in [-0.2, 0) is 10.8 Å². The molecule has 0 N–H and O–H groups in total. The van der Waals surface area contributed by atoms with E-state index in [9.17, 15) is 0 Å². The Hall–Kier alpha value is -5.40. The molecule has 0 spiro atoms. The Kier molecular flexibility index (Phi) is 5.96. The Balaban J connectivity index is 1.22. The summed E-state index contributed by atoms with van der Waals surface area (Å²) < 4.78 is 0. The van der Waals surface area contributed by atoms with E-state index in [1.807, 2.05) is 0 Å². The van der Waals surface area contributed by atoms with Gasteiger partial charge in [0.05, 0.1) is 0 Å². The lowest BCUT2D eigenvalue weighted by molar-refractivity contribution is 0.660. The van der Waals surface area contributed by atoms with E-state index in [4.69, 9.17) is 0 Å². The second-order valence-corrected chi connectivity index (χ2v) is 14.2. The molecule has 226 valence electrons. The average molecular weight is 604 g/mol. The number of hydrogen-bond acceptors (Lipinski definition) is 1. The molecule has 2 aliphatic rings. The van der Waals surface area contributed by atoms with Crippen molar-refractivity contribution in [3.05, 3.63) is 174 Å². The van der Waals surface area contributed by atoms with Gasteiger partial charge < -0.3 is 4.90 Å². The van der Waals surface area contributed by atoms with Gasteiger partial charge in [0.1, 0.15) is 0 Å². The summed E-state index contributed by atoms with van der Waals surface area (Å²) in [5, 5.41) is 2.57. The number of benzene rings is 7. The second-order valence-electron chi connectivity index (χ2n) is 14.2. The molecule has 47 heavy (non-hydrogen) atoms. The molecule has 1 heteroatoms. The first-order chi connectivity index (χ1) is 22.8. The molecule has 0 heterocycles. The predicted molar refractivity (Wildman–Crippen MR) is 199 cm³/mol. The summed E-state index contributed by atoms with van der Waals surface area (Å²) in [5.41, 5.74) is 16.8. The Bertz CT molecular complexity index is 2340. The third-order valence-corrected chi connectivity index (χ3v) is 10.9. The first-order valence-electron chi connectivity index (χ1n) is 16.7. The van der Waals surface area contributed by atoms with Gasteiger partial charge in [0.15, 0.2) is 0 Å². The van der Waals surface area contributed by atoms with Crippen LogP contribution < -0.4 is 4.90 Å². The van der Waals surface area contributed by atoms with Crippen LogP contribution in [0.4, 0.5) is 17.1 Å². The first-order valence-corrected chi connectivity index (χ1v) is 16.7. The van der Waals surface area contributed by atoms with E-state index in [2.05, 4.69) is 184 Å². The van der Waals surface area contributed by atoms with Gasteiger partial charge in [0.25, 0.3) is 0 Å². The molecule has 7 aromatic carbocycles. The smallest absolute Gasteiger partial charge is 0.0468 e. The van der Waals surface area contributed by atoms with Crippen molar-refractivity contribution >= 4 is 27.8 Å². The fraction of sp³-hybridized carbons (Fsp3) is 0.130. The standard InChI is InChI=1S/C46H37N/c1-45(2)41-17-11-9-15-39(41)44-36-25-23-34(28-32(36)20-27-42(44)45)47(33-21-18-31(19-22-33)30-12-6-5-7-13-30)35-24-26-38-37-14-8-10-16-40(37)46(3,4)43(38)29-35/h5-29H,1-4H3. The monoisotopic (exact) mass is 603 g/mol. The molecule has 2 aliphatic carbocycles. The van der Waals surface area contributed by atoms with Gasteiger partial charge in [0, 0.05) is 27.9 Å². The molecule has 9 rings (SSSR count). The maximum absolute atomic E-state index is 2.43. The van der Waals surface area contributed by atoms with Crippen molar-refractivity contribution in [3.63, 3.8) is 0 Å². The van der Waals surface area contributed by atoms with Crippen LogP contribution >= 0.6 is 0 Å². The molecular weight excluding hydrogens is 567 g/mol. The summed E-state index contributed by atoms with van der Waals surface area (Å²) >= 11 is 0. The molecular formula is C46H37N. The summed E-state index contributed by atoms with van der Waals surface area (Å²) in [6.07, 6.45) is 0. The van der Waals surface area contributed by atoms with Crippen LogP contribution in [0.2, 0.25) is 0 Å². The minimum atomic E-state index is -0.0745. The maximum atomic E-state index is 2.43. The molecule has 0 aromatic heterocycles. The van der Waals surface area contributed by atoms with Crippen molar-refractivity contribution in [1.82, 2.24) is 0 Å². The molecule has 0 radical (unpaired) electrons. The van der Waals surface area contributed by atoms with Gasteiger partial charge in [-0.25, -0.2) is 0 Å². The number of nitrogens with zero attached hydrogens (tertiary/aromatic N) is 1. The van der Waals surface area contributed by atoms with Crippen molar-refractivity contribution in [2.45, 2.75) is 38.5 Å². The molecule has 7 aromatic rings. The summed E-state index contributed by atoms with van der Waals surface area (Å²) in [4.78, 5) is 2.43. The highest BCUT2D eigenvalue weighted by Gasteiger charge is 2.37. The summed E-state index contributed by atoms with van der Waals surface area (Å²) in [7, 11) is 0. The Labute approximate surface area is 277 Å². The quantitative estimate of drug-likeness (QED) is 0.193. The molecule has 0 fully saturated rings. The normalized spacial score (nSPS) is 14.7. The van der Waals surface area contributed by atoms with Crippen molar-refractivity contribution < 1.29 is 0 Å². The van der Waals surface area contributed by atoms with Crippen LogP contribution in [0.25, 0.3) is 44.2 Å². The highest BCUT2D eigenvalue weighted by Crippen LogP contribution is 2.53. The predicted octanol–water partition coefficient (Wildman–Crippen LogP) is 12.6. The van der Waals surface area contributed by atoms with Crippen LogP contribution in [-0.4, -0.2) is 0 Å². The average Bonchev–Trinajstić information content (AvgIpc) is 3.49. The Morgan fingerprint density at radius 2 is 0.936 bits per heavy atom. The number of hydrogen-bond donors (Lipinski definition) is 0. The van der Waals surface area contributed by atoms with E-state index >= 15 is 0 Å². The zero-order valence-electron chi connectivity index (χ0n) is 27.4. The number of anilines is 3. The van der Waals surface area contributed by atoms with E-state index in [0.29, 0.717) is 0 Å². The third-order valence-electron chi connectivity index (χ3n) is 10.9. The van der Waals surface area contributed by atoms with Gasteiger partial charge in [-0.3, -0.25) is 0 Å². The van der Waals surface area contributed by atoms with Crippen molar-refractivity contribution in [3.8, 4) is 33.4 Å². The molecule has 1 nitrogen and oxygen atoms in total. The molecule has 0 saturated heterocycles. The van der Waals surface area contributed by atoms with Gasteiger partial charge in [-0.15, -0.1) is 0 Å². The van der Waals surface area contributed by atoms with Gasteiger partial charge in [-0.05, 0) is 103 Å². The largest absolute Gasteiger partial charge is 0.310 e. The molecule has 0 saturated carbocycles. The van der Waals surface area contributed by atoms with E-state index in [-0.39, 0.29) is 10.8 Å². The van der Waals surface area contributed by atoms with Crippen LogP contribution in [0.3, 0.4) is 0 Å². The van der Waals surface area contributed by atoms with Crippen molar-refractivity contribution in [1.29, 1.82) is 0 Å². The van der Waals surface area contributed by atoms with E-state index < -0.39 is 0 Å². The highest BCUT2D eigenvalue weighted by molar-refractivity contribution is 6.04. The van der Waals surface area contributed by atoms with Gasteiger partial charge in [-0.2, -0.15) is 0 Å². The lowest BCUT2D eigenvalue weighted by Gasteiger charge is -2.28. The summed E-state index contributed by atoms with van der Waals surface area (Å²) in [6.45, 7) is 9.42. The molecule has 0 unspecified atom stereocenters. The fourth-order valence-electron chi connectivity index (χ4n) is 8.37. The van der Waals surface area contributed by atoms with E-state index in [1.165, 1.54) is 72.1 Å². The lowest BCUT2D eigenvalue weighted by atomic mass is 9.82. The van der Waals surface area contributed by atoms with Crippen LogP contribution in [0.1, 0.15) is 49.9 Å². The van der Waals surface area contributed by atoms with E-state index in [1.54, 1.807) is 0 Å². The van der Waals surface area contributed by atoms with Crippen LogP contribution in [0.15, 0.2) is 152 Å². The Morgan fingerprint density at radius 1 is 0.383 bits per heavy atom. The van der Waals surface area contributed by atoms with E-state index in [0.717, 1.165) is 11.4 Å². The van der Waals surface area contributed by atoms with Gasteiger partial charge >= 0.3 is 0 Å². The number of rotatable bonds is 4. The third kappa shape index (κ3) is 4.09. The molecule has 0 amide bonds. The first kappa shape index (κ1) is 27.9. The van der Waals surface area contributed by atoms with Crippen molar-refractivity contribution in [2.75, 3.05) is 4.90 Å². The van der Waals surface area contributed by atoms with Crippen LogP contribution in [0.5, 0.6) is 0 Å². The minimum Gasteiger partial charge on any atom is -0.310 e. The molecule has 0 atom stereocenters. The zero-order chi connectivity index (χ0) is 31.9. The lowest BCUT2D eigenvalue weighted by Crippen LogP contribution is -2.16. The zero-order valence-corrected chi connectivity index (χ0v) is 27.4. The van der Waals surface area contributed by atoms with Crippen molar-refractivity contribution in [2.24, 2.45) is 0 Å². The summed E-state index contributed by atoms with van der Waals surface area (Å²) in [5.74, 6) is 0. The molecule has 0 bridgehead atoms. The SMILES string of the molecule is CC1(C)c2ccccc2-c2ccc(N(c3ccc(-c4ccccc4)cc3)c3ccc4c5c(ccc4c3)C(C)(C)c3ccccc3-5)cc21. The Morgan fingerprint density at radius 3 is 1.70 bits per heavy atom. The maximum Gasteiger partial charge on any atom is 0.0468 e. The number of fused-ring (bicyclic) bond motifs is 8. The molecule has 0 aliphatic heterocycles.